The number of nitrogens with two attached hydrogens (primary N) is 1. The lowest BCUT2D eigenvalue weighted by Crippen LogP contribution is -2.41. The summed E-state index contributed by atoms with van der Waals surface area (Å²) in [6, 6.07) is 5.79. The van der Waals surface area contributed by atoms with Crippen molar-refractivity contribution in [3.63, 3.8) is 0 Å². The Kier molecular flexibility index (Phi) is 7.07. The van der Waals surface area contributed by atoms with Crippen molar-refractivity contribution in [3.8, 4) is 5.75 Å². The summed E-state index contributed by atoms with van der Waals surface area (Å²) in [5.41, 5.74) is 7.22. The molecule has 0 aliphatic carbocycles. The maximum atomic E-state index is 12.1. The van der Waals surface area contributed by atoms with Gasteiger partial charge >= 0.3 is 6.09 Å². The van der Waals surface area contributed by atoms with Crippen LogP contribution in [0, 0.1) is 0 Å². The molecule has 1 aliphatic rings. The van der Waals surface area contributed by atoms with E-state index in [-0.39, 0.29) is 6.09 Å². The van der Waals surface area contributed by atoms with Gasteiger partial charge in [0.1, 0.15) is 18.1 Å². The molecule has 0 unspecified atom stereocenters. The first-order valence-electron chi connectivity index (χ1n) is 8.00. The average molecular weight is 336 g/mol. The van der Waals surface area contributed by atoms with Gasteiger partial charge in [-0.15, -0.1) is 0 Å². The topological polar surface area (TPSA) is 81.9 Å². The van der Waals surface area contributed by atoms with Crippen LogP contribution in [-0.4, -0.2) is 43.6 Å². The van der Waals surface area contributed by atoms with Crippen LogP contribution in [0.1, 0.15) is 45.1 Å². The molecular formula is C18H28N2O4. The van der Waals surface area contributed by atoms with E-state index in [1.54, 1.807) is 12.0 Å². The van der Waals surface area contributed by atoms with Crippen LogP contribution in [0.2, 0.25) is 0 Å². The van der Waals surface area contributed by atoms with Crippen LogP contribution in [0.15, 0.2) is 18.2 Å². The van der Waals surface area contributed by atoms with E-state index in [1.807, 2.05) is 45.8 Å². The van der Waals surface area contributed by atoms with Crippen LogP contribution in [0.25, 0.3) is 0 Å². The SMILES string of the molecule is C=O.COc1cc(N)ccc1C1CCN(C(=O)OC(C)(C)C)CC1. The molecule has 1 aromatic carbocycles. The number of nitrogen functional groups attached to an aromatic ring is 1. The first-order chi connectivity index (χ1) is 11.3. The fourth-order valence-electron chi connectivity index (χ4n) is 2.76. The summed E-state index contributed by atoms with van der Waals surface area (Å²) in [7, 11) is 1.66. The Hall–Kier alpha value is -2.24. The summed E-state index contributed by atoms with van der Waals surface area (Å²) in [5, 5.41) is 0. The minimum atomic E-state index is -0.450. The third-order valence-corrected chi connectivity index (χ3v) is 3.84. The van der Waals surface area contributed by atoms with Gasteiger partial charge in [0.05, 0.1) is 7.11 Å². The van der Waals surface area contributed by atoms with Gasteiger partial charge in [-0.05, 0) is 51.2 Å². The minimum absolute atomic E-state index is 0.227. The zero-order chi connectivity index (χ0) is 18.3. The number of piperidine rings is 1. The number of anilines is 1. The summed E-state index contributed by atoms with van der Waals surface area (Å²) in [6.45, 7) is 9.06. The summed E-state index contributed by atoms with van der Waals surface area (Å²) in [6.07, 6.45) is 1.58. The maximum Gasteiger partial charge on any atom is 0.410 e. The van der Waals surface area contributed by atoms with Crippen LogP contribution in [0.3, 0.4) is 0 Å². The van der Waals surface area contributed by atoms with Gasteiger partial charge in [-0.1, -0.05) is 6.07 Å². The second-order valence-electron chi connectivity index (χ2n) is 6.74. The Morgan fingerprint density at radius 2 is 1.83 bits per heavy atom. The second kappa shape index (κ2) is 8.57. The van der Waals surface area contributed by atoms with Crippen LogP contribution in [0.4, 0.5) is 10.5 Å². The standard InChI is InChI=1S/C17H26N2O3.CH2O/c1-17(2,3)22-16(20)19-9-7-12(8-10-19)14-6-5-13(18)11-15(14)21-4;1-2/h5-6,11-12H,7-10,18H2,1-4H3;1H2. The van der Waals surface area contributed by atoms with E-state index >= 15 is 0 Å². The van der Waals surface area contributed by atoms with Crippen LogP contribution in [-0.2, 0) is 9.53 Å². The molecule has 1 aliphatic heterocycles. The molecule has 134 valence electrons. The first kappa shape index (κ1) is 19.8. The normalized spacial score (nSPS) is 15.2. The van der Waals surface area contributed by atoms with Crippen molar-refractivity contribution < 1.29 is 19.1 Å². The molecule has 1 heterocycles. The third kappa shape index (κ3) is 5.44. The maximum absolute atomic E-state index is 12.1. The number of hydrogen-bond donors (Lipinski definition) is 1. The highest BCUT2D eigenvalue weighted by molar-refractivity contribution is 5.68. The lowest BCUT2D eigenvalue weighted by atomic mass is 9.89. The number of benzene rings is 1. The molecule has 1 aromatic rings. The smallest absolute Gasteiger partial charge is 0.410 e. The predicted molar refractivity (Wildman–Crippen MR) is 94.3 cm³/mol. The molecular weight excluding hydrogens is 308 g/mol. The van der Waals surface area contributed by atoms with Crippen molar-refractivity contribution in [1.82, 2.24) is 4.90 Å². The van der Waals surface area contributed by atoms with E-state index in [0.29, 0.717) is 24.7 Å². The van der Waals surface area contributed by atoms with Gasteiger partial charge in [-0.25, -0.2) is 4.79 Å². The molecule has 0 aromatic heterocycles. The van der Waals surface area contributed by atoms with Gasteiger partial charge in [0.25, 0.3) is 0 Å². The number of ether oxygens (including phenoxy) is 2. The molecule has 0 spiro atoms. The number of hydrogen-bond acceptors (Lipinski definition) is 5. The molecule has 0 radical (unpaired) electrons. The molecule has 2 N–H and O–H groups in total. The zero-order valence-electron chi connectivity index (χ0n) is 15.0. The van der Waals surface area contributed by atoms with Crippen molar-refractivity contribution in [3.05, 3.63) is 23.8 Å². The summed E-state index contributed by atoms with van der Waals surface area (Å²) in [5.74, 6) is 1.21. The largest absolute Gasteiger partial charge is 0.496 e. The highest BCUT2D eigenvalue weighted by atomic mass is 16.6. The summed E-state index contributed by atoms with van der Waals surface area (Å²) >= 11 is 0. The van der Waals surface area contributed by atoms with E-state index in [9.17, 15) is 4.79 Å². The Morgan fingerprint density at radius 3 is 2.33 bits per heavy atom. The highest BCUT2D eigenvalue weighted by Gasteiger charge is 2.28. The number of likely N-dealkylation sites (tertiary alicyclic amines) is 1. The number of amides is 1. The monoisotopic (exact) mass is 336 g/mol. The quantitative estimate of drug-likeness (QED) is 0.839. The molecule has 0 atom stereocenters. The fraction of sp³-hybridized carbons (Fsp3) is 0.556. The highest BCUT2D eigenvalue weighted by Crippen LogP contribution is 2.35. The second-order valence-corrected chi connectivity index (χ2v) is 6.74. The van der Waals surface area contributed by atoms with Crippen LogP contribution in [0.5, 0.6) is 5.75 Å². The number of rotatable bonds is 2. The third-order valence-electron chi connectivity index (χ3n) is 3.84. The molecule has 6 heteroatoms. The Labute approximate surface area is 143 Å². The van der Waals surface area contributed by atoms with Gasteiger partial charge in [-0.2, -0.15) is 0 Å². The number of nitrogens with zero attached hydrogens (tertiary/aromatic N) is 1. The van der Waals surface area contributed by atoms with E-state index < -0.39 is 5.60 Å². The average Bonchev–Trinajstić information content (AvgIpc) is 2.55. The predicted octanol–water partition coefficient (Wildman–Crippen LogP) is 3.21. The fourth-order valence-corrected chi connectivity index (χ4v) is 2.76. The van der Waals surface area contributed by atoms with E-state index in [4.69, 9.17) is 20.0 Å². The lowest BCUT2D eigenvalue weighted by molar-refractivity contribution is -0.0980. The van der Waals surface area contributed by atoms with E-state index in [0.717, 1.165) is 18.6 Å². The Bertz CT molecular complexity index is 546. The van der Waals surface area contributed by atoms with Crippen LogP contribution >= 0.6 is 0 Å². The van der Waals surface area contributed by atoms with Gasteiger partial charge in [0.2, 0.25) is 0 Å². The number of carbonyl (C=O) groups is 2. The summed E-state index contributed by atoms with van der Waals surface area (Å²) in [4.78, 5) is 21.9. The molecule has 1 saturated heterocycles. The number of carbonyl (C=O) groups excluding carboxylic acids is 2. The van der Waals surface area contributed by atoms with Crippen molar-refractivity contribution in [1.29, 1.82) is 0 Å². The molecule has 1 fully saturated rings. The zero-order valence-corrected chi connectivity index (χ0v) is 15.0. The minimum Gasteiger partial charge on any atom is -0.496 e. The van der Waals surface area contributed by atoms with Gasteiger partial charge in [0, 0.05) is 24.8 Å². The van der Waals surface area contributed by atoms with Gasteiger partial charge in [-0.3, -0.25) is 0 Å². The Morgan fingerprint density at radius 1 is 1.25 bits per heavy atom. The molecule has 1 amide bonds. The number of methoxy groups -OCH3 is 1. The summed E-state index contributed by atoms with van der Waals surface area (Å²) < 4.78 is 10.9. The van der Waals surface area contributed by atoms with E-state index in [2.05, 4.69) is 0 Å². The molecule has 2 rings (SSSR count). The molecule has 6 nitrogen and oxygen atoms in total. The molecule has 0 saturated carbocycles. The van der Waals surface area contributed by atoms with Crippen LogP contribution < -0.4 is 10.5 Å². The van der Waals surface area contributed by atoms with Crippen molar-refractivity contribution in [2.24, 2.45) is 0 Å². The van der Waals surface area contributed by atoms with Gasteiger partial charge in [0.15, 0.2) is 0 Å². The van der Waals surface area contributed by atoms with Gasteiger partial charge < -0.3 is 24.9 Å². The van der Waals surface area contributed by atoms with Crippen molar-refractivity contribution >= 4 is 18.6 Å². The Balaban J connectivity index is 0.00000139. The van der Waals surface area contributed by atoms with E-state index in [1.165, 1.54) is 5.56 Å². The van der Waals surface area contributed by atoms with Crippen molar-refractivity contribution in [2.45, 2.75) is 45.1 Å². The van der Waals surface area contributed by atoms with Crippen molar-refractivity contribution in [2.75, 3.05) is 25.9 Å². The molecule has 24 heavy (non-hydrogen) atoms. The molecule has 0 bridgehead atoms. The first-order valence-corrected chi connectivity index (χ1v) is 8.00. The lowest BCUT2D eigenvalue weighted by Gasteiger charge is -2.34.